The van der Waals surface area contributed by atoms with Crippen molar-refractivity contribution >= 4 is 21.4 Å². The first-order valence-corrected chi connectivity index (χ1v) is 7.26. The van der Waals surface area contributed by atoms with Crippen molar-refractivity contribution in [1.82, 2.24) is 4.72 Å². The third-order valence-corrected chi connectivity index (χ3v) is 5.34. The lowest BCUT2D eigenvalue weighted by atomic mass is 10.3. The van der Waals surface area contributed by atoms with E-state index in [2.05, 4.69) is 4.72 Å². The average Bonchev–Trinajstić information content (AvgIpc) is 2.85. The molecule has 0 saturated carbocycles. The molecule has 0 aliphatic carbocycles. The first kappa shape index (κ1) is 12.0. The van der Waals surface area contributed by atoms with Gasteiger partial charge in [-0.2, -0.15) is 0 Å². The van der Waals surface area contributed by atoms with Crippen molar-refractivity contribution in [2.24, 2.45) is 0 Å². The summed E-state index contributed by atoms with van der Waals surface area (Å²) in [6, 6.07) is 1.35. The van der Waals surface area contributed by atoms with E-state index in [-0.39, 0.29) is 16.9 Å². The highest BCUT2D eigenvalue weighted by Crippen LogP contribution is 2.21. The highest BCUT2D eigenvalue weighted by Gasteiger charge is 2.24. The third-order valence-electron chi connectivity index (χ3n) is 2.33. The van der Waals surface area contributed by atoms with Gasteiger partial charge in [0.25, 0.3) is 0 Å². The van der Waals surface area contributed by atoms with Crippen molar-refractivity contribution in [3.8, 4) is 0 Å². The average molecular weight is 263 g/mol. The van der Waals surface area contributed by atoms with Gasteiger partial charge in [-0.1, -0.05) is 0 Å². The molecule has 90 valence electrons. The lowest BCUT2D eigenvalue weighted by Gasteiger charge is -2.09. The molecule has 1 aliphatic rings. The Kier molecular flexibility index (Phi) is 3.60. The summed E-state index contributed by atoms with van der Waals surface area (Å²) in [6.45, 7) is 0.884. The number of aliphatic hydroxyl groups is 1. The minimum absolute atomic E-state index is 0.135. The van der Waals surface area contributed by atoms with Crippen LogP contribution in [0.25, 0.3) is 0 Å². The fourth-order valence-electron chi connectivity index (χ4n) is 1.48. The van der Waals surface area contributed by atoms with Gasteiger partial charge in [-0.15, -0.1) is 11.3 Å². The van der Waals surface area contributed by atoms with Gasteiger partial charge in [0.05, 0.1) is 13.2 Å². The van der Waals surface area contributed by atoms with Gasteiger partial charge in [0.2, 0.25) is 10.0 Å². The van der Waals surface area contributed by atoms with E-state index in [1.807, 2.05) is 0 Å². The molecular formula is C9H13NO4S2. The Labute approximate surface area is 98.1 Å². The minimum atomic E-state index is -3.46. The zero-order valence-electron chi connectivity index (χ0n) is 8.55. The smallest absolute Gasteiger partial charge is 0.250 e. The van der Waals surface area contributed by atoms with Gasteiger partial charge in [-0.05, 0) is 23.4 Å². The van der Waals surface area contributed by atoms with Crippen LogP contribution < -0.4 is 4.72 Å². The summed E-state index contributed by atoms with van der Waals surface area (Å²) in [7, 11) is -3.46. The molecule has 2 rings (SSSR count). The highest BCUT2D eigenvalue weighted by atomic mass is 32.2. The van der Waals surface area contributed by atoms with E-state index < -0.39 is 10.0 Å². The van der Waals surface area contributed by atoms with Gasteiger partial charge in [0, 0.05) is 12.6 Å². The summed E-state index contributed by atoms with van der Waals surface area (Å²) in [5.74, 6) is 0. The zero-order chi connectivity index (χ0) is 11.6. The number of rotatable bonds is 4. The number of thiophene rings is 1. The van der Waals surface area contributed by atoms with E-state index in [0.29, 0.717) is 25.2 Å². The van der Waals surface area contributed by atoms with Crippen LogP contribution in [0, 0.1) is 0 Å². The second kappa shape index (κ2) is 4.80. The maximum Gasteiger partial charge on any atom is 0.250 e. The van der Waals surface area contributed by atoms with E-state index >= 15 is 0 Å². The molecule has 1 unspecified atom stereocenters. The molecule has 0 bridgehead atoms. The molecule has 1 aromatic heterocycles. The van der Waals surface area contributed by atoms with Crippen LogP contribution >= 0.6 is 11.3 Å². The molecule has 2 heterocycles. The van der Waals surface area contributed by atoms with Crippen LogP contribution in [0.2, 0.25) is 0 Å². The molecule has 7 heteroatoms. The van der Waals surface area contributed by atoms with Gasteiger partial charge >= 0.3 is 0 Å². The van der Waals surface area contributed by atoms with Gasteiger partial charge in [0.15, 0.2) is 0 Å². The summed E-state index contributed by atoms with van der Waals surface area (Å²) in [4.78, 5) is 0. The van der Waals surface area contributed by atoms with Crippen LogP contribution in [0.3, 0.4) is 0 Å². The minimum Gasteiger partial charge on any atom is -0.392 e. The molecule has 0 spiro atoms. The first-order chi connectivity index (χ1) is 7.62. The monoisotopic (exact) mass is 263 g/mol. The van der Waals surface area contributed by atoms with Crippen LogP contribution in [-0.2, 0) is 21.4 Å². The van der Waals surface area contributed by atoms with Crippen molar-refractivity contribution in [2.75, 3.05) is 13.2 Å². The van der Waals surface area contributed by atoms with Gasteiger partial charge < -0.3 is 9.84 Å². The molecule has 5 nitrogen and oxygen atoms in total. The number of ether oxygens (including phenoxy) is 1. The molecule has 16 heavy (non-hydrogen) atoms. The second-order valence-corrected chi connectivity index (χ2v) is 6.47. The summed E-state index contributed by atoms with van der Waals surface area (Å²) in [6.07, 6.45) is 0.706. The highest BCUT2D eigenvalue weighted by molar-refractivity contribution is 7.91. The van der Waals surface area contributed by atoms with Gasteiger partial charge in [-0.3, -0.25) is 0 Å². The molecule has 2 N–H and O–H groups in total. The molecule has 1 aromatic rings. The van der Waals surface area contributed by atoms with Crippen molar-refractivity contribution in [2.45, 2.75) is 23.3 Å². The molecular weight excluding hydrogens is 250 g/mol. The van der Waals surface area contributed by atoms with E-state index in [0.717, 1.165) is 11.3 Å². The third kappa shape index (κ3) is 2.61. The molecule has 1 atom stereocenters. The number of hydrogen-bond donors (Lipinski definition) is 2. The van der Waals surface area contributed by atoms with Gasteiger partial charge in [-0.25, -0.2) is 13.1 Å². The Morgan fingerprint density at radius 3 is 3.00 bits per heavy atom. The predicted molar refractivity (Wildman–Crippen MR) is 59.8 cm³/mol. The van der Waals surface area contributed by atoms with Crippen LogP contribution in [0.15, 0.2) is 15.7 Å². The molecule has 1 aliphatic heterocycles. The maximum absolute atomic E-state index is 11.9. The summed E-state index contributed by atoms with van der Waals surface area (Å²) in [5, 5.41) is 10.5. The molecule has 1 fully saturated rings. The topological polar surface area (TPSA) is 75.6 Å². The quantitative estimate of drug-likeness (QED) is 0.819. The van der Waals surface area contributed by atoms with Crippen molar-refractivity contribution in [1.29, 1.82) is 0 Å². The Hall–Kier alpha value is -0.470. The Balaban J connectivity index is 2.11. The Morgan fingerprint density at radius 2 is 2.44 bits per heavy atom. The predicted octanol–water partition coefficient (Wildman–Crippen LogP) is 0.308. The van der Waals surface area contributed by atoms with E-state index in [4.69, 9.17) is 9.84 Å². The lowest BCUT2D eigenvalue weighted by Crippen LogP contribution is -2.34. The molecule has 0 amide bonds. The first-order valence-electron chi connectivity index (χ1n) is 4.90. The Bertz CT molecular complexity index is 448. The molecule has 0 aromatic carbocycles. The summed E-state index contributed by atoms with van der Waals surface area (Å²) >= 11 is 1.11. The van der Waals surface area contributed by atoms with E-state index in [1.165, 1.54) is 6.07 Å². The Morgan fingerprint density at radius 1 is 1.62 bits per heavy atom. The maximum atomic E-state index is 11.9. The lowest BCUT2D eigenvalue weighted by molar-refractivity contribution is 0.192. The second-order valence-electron chi connectivity index (χ2n) is 3.61. The number of hydrogen-bond acceptors (Lipinski definition) is 5. The van der Waals surface area contributed by atoms with Crippen LogP contribution in [0.1, 0.15) is 12.0 Å². The van der Waals surface area contributed by atoms with Crippen molar-refractivity contribution in [3.63, 3.8) is 0 Å². The number of sulfonamides is 1. The van der Waals surface area contributed by atoms with E-state index in [9.17, 15) is 8.42 Å². The molecule has 1 saturated heterocycles. The summed E-state index contributed by atoms with van der Waals surface area (Å²) in [5.41, 5.74) is 0.619. The summed E-state index contributed by atoms with van der Waals surface area (Å²) < 4.78 is 31.7. The largest absolute Gasteiger partial charge is 0.392 e. The fourth-order valence-corrected chi connectivity index (χ4v) is 3.95. The molecule has 0 radical (unpaired) electrons. The number of aliphatic hydroxyl groups excluding tert-OH is 1. The SMILES string of the molecule is O=S(=O)(NC1CCOC1)c1cc(CO)cs1. The normalized spacial score (nSPS) is 21.4. The number of nitrogens with one attached hydrogen (secondary N) is 1. The van der Waals surface area contributed by atoms with Crippen LogP contribution in [0.5, 0.6) is 0 Å². The zero-order valence-corrected chi connectivity index (χ0v) is 10.2. The van der Waals surface area contributed by atoms with Crippen molar-refractivity contribution < 1.29 is 18.3 Å². The fraction of sp³-hybridized carbons (Fsp3) is 0.556. The van der Waals surface area contributed by atoms with Crippen LogP contribution in [0.4, 0.5) is 0 Å². The van der Waals surface area contributed by atoms with Gasteiger partial charge in [0.1, 0.15) is 4.21 Å². The standard InChI is InChI=1S/C9H13NO4S2/c11-4-7-3-9(15-6-7)16(12,13)10-8-1-2-14-5-8/h3,6,8,10-11H,1-2,4-5H2. The van der Waals surface area contributed by atoms with E-state index in [1.54, 1.807) is 5.38 Å². The van der Waals surface area contributed by atoms with Crippen molar-refractivity contribution in [3.05, 3.63) is 17.0 Å². The van der Waals surface area contributed by atoms with Crippen LogP contribution in [-0.4, -0.2) is 32.8 Å².